The monoisotopic (exact) mass is 433 g/mol. The Labute approximate surface area is 174 Å². The summed E-state index contributed by atoms with van der Waals surface area (Å²) < 4.78 is 46.5. The van der Waals surface area contributed by atoms with Crippen molar-refractivity contribution in [2.75, 3.05) is 6.61 Å². The van der Waals surface area contributed by atoms with Crippen LogP contribution in [-0.4, -0.2) is 27.9 Å². The summed E-state index contributed by atoms with van der Waals surface area (Å²) in [5.41, 5.74) is 3.58. The van der Waals surface area contributed by atoms with Gasteiger partial charge in [0.15, 0.2) is 0 Å². The van der Waals surface area contributed by atoms with Crippen molar-refractivity contribution < 1.29 is 22.6 Å². The zero-order chi connectivity index (χ0) is 21.1. The molecule has 2 heterocycles. The molecule has 0 saturated heterocycles. The van der Waals surface area contributed by atoms with E-state index in [4.69, 9.17) is 16.3 Å². The van der Waals surface area contributed by atoms with Crippen LogP contribution in [0.3, 0.4) is 0 Å². The smallest absolute Gasteiger partial charge is 0.463 e. The van der Waals surface area contributed by atoms with Crippen molar-refractivity contribution in [1.29, 1.82) is 0 Å². The summed E-state index contributed by atoms with van der Waals surface area (Å²) in [5, 5.41) is 1.44. The third-order valence-electron chi connectivity index (χ3n) is 4.40. The number of alkyl halides is 3. The summed E-state index contributed by atoms with van der Waals surface area (Å²) in [6.45, 7) is 0.377. The highest BCUT2D eigenvalue weighted by Gasteiger charge is 2.31. The van der Waals surface area contributed by atoms with E-state index in [-0.39, 0.29) is 11.8 Å². The van der Waals surface area contributed by atoms with Crippen LogP contribution in [0.25, 0.3) is 22.0 Å². The molecule has 0 aliphatic heterocycles. The quantitative estimate of drug-likeness (QED) is 0.417. The fourth-order valence-corrected chi connectivity index (χ4v) is 3.22. The van der Waals surface area contributed by atoms with Crippen LogP contribution in [0.15, 0.2) is 61.1 Å². The molecule has 30 heavy (non-hydrogen) atoms. The van der Waals surface area contributed by atoms with Gasteiger partial charge in [0.05, 0.1) is 29.5 Å². The minimum Gasteiger partial charge on any atom is -0.463 e. The zero-order valence-corrected chi connectivity index (χ0v) is 16.2. The number of aromatic amines is 1. The van der Waals surface area contributed by atoms with E-state index < -0.39 is 6.36 Å². The minimum atomic E-state index is -4.71. The molecule has 0 aliphatic rings. The van der Waals surface area contributed by atoms with Crippen molar-refractivity contribution in [2.45, 2.75) is 12.8 Å². The summed E-state index contributed by atoms with van der Waals surface area (Å²) in [5.74, 6) is -0.257. The first-order valence-electron chi connectivity index (χ1n) is 8.94. The Hall–Kier alpha value is -3.26. The number of para-hydroxylation sites is 1. The van der Waals surface area contributed by atoms with Crippen LogP contribution in [0.4, 0.5) is 13.2 Å². The van der Waals surface area contributed by atoms with Crippen LogP contribution in [0.2, 0.25) is 5.02 Å². The van der Waals surface area contributed by atoms with E-state index in [0.29, 0.717) is 18.1 Å². The average Bonchev–Trinajstić information content (AvgIpc) is 3.12. The molecule has 1 N–H and O–H groups in total. The molecule has 4 aromatic rings. The van der Waals surface area contributed by atoms with Gasteiger partial charge in [0.25, 0.3) is 0 Å². The van der Waals surface area contributed by atoms with Gasteiger partial charge < -0.3 is 14.5 Å². The Morgan fingerprint density at radius 1 is 1.00 bits per heavy atom. The zero-order valence-electron chi connectivity index (χ0n) is 15.4. The first-order valence-corrected chi connectivity index (χ1v) is 9.32. The van der Waals surface area contributed by atoms with E-state index in [0.717, 1.165) is 27.6 Å². The maximum absolute atomic E-state index is 12.4. The van der Waals surface area contributed by atoms with E-state index in [9.17, 15) is 13.2 Å². The highest BCUT2D eigenvalue weighted by Crippen LogP contribution is 2.32. The fraction of sp³-hybridized carbons (Fsp3) is 0.143. The summed E-state index contributed by atoms with van der Waals surface area (Å²) in [6, 6.07) is 11.8. The van der Waals surface area contributed by atoms with Crippen molar-refractivity contribution in [1.82, 2.24) is 15.0 Å². The summed E-state index contributed by atoms with van der Waals surface area (Å²) in [4.78, 5) is 11.2. The molecule has 0 saturated carbocycles. The molecule has 2 aromatic heterocycles. The number of nitrogens with one attached hydrogen (secondary N) is 1. The summed E-state index contributed by atoms with van der Waals surface area (Å²) >= 11 is 5.75. The van der Waals surface area contributed by atoms with Gasteiger partial charge in [-0.05, 0) is 23.3 Å². The van der Waals surface area contributed by atoms with Gasteiger partial charge in [0.2, 0.25) is 0 Å². The first kappa shape index (κ1) is 20.0. The summed E-state index contributed by atoms with van der Waals surface area (Å²) in [7, 11) is 0. The number of rotatable bonds is 6. The molecule has 0 amide bonds. The Bertz CT molecular complexity index is 1140. The van der Waals surface area contributed by atoms with Crippen molar-refractivity contribution in [2.24, 2.45) is 0 Å². The molecule has 9 heteroatoms. The highest BCUT2D eigenvalue weighted by atomic mass is 35.5. The van der Waals surface area contributed by atoms with Gasteiger partial charge in [-0.3, -0.25) is 0 Å². The maximum atomic E-state index is 12.4. The van der Waals surface area contributed by atoms with E-state index in [1.165, 1.54) is 24.5 Å². The van der Waals surface area contributed by atoms with Crippen LogP contribution in [0.5, 0.6) is 11.8 Å². The molecule has 0 atom stereocenters. The number of halogens is 4. The molecule has 0 aliphatic carbocycles. The van der Waals surface area contributed by atoms with Crippen LogP contribution in [0, 0.1) is 0 Å². The van der Waals surface area contributed by atoms with Crippen molar-refractivity contribution in [3.05, 3.63) is 71.6 Å². The third-order valence-corrected chi connectivity index (χ3v) is 4.59. The van der Waals surface area contributed by atoms with Gasteiger partial charge in [0, 0.05) is 23.6 Å². The molecule has 0 bridgehead atoms. The van der Waals surface area contributed by atoms with E-state index in [1.807, 2.05) is 24.4 Å². The molecule has 0 radical (unpaired) electrons. The van der Waals surface area contributed by atoms with Crippen molar-refractivity contribution in [3.63, 3.8) is 0 Å². The second kappa shape index (κ2) is 8.23. The lowest BCUT2D eigenvalue weighted by molar-refractivity contribution is -0.274. The second-order valence-corrected chi connectivity index (χ2v) is 6.83. The molecule has 4 rings (SSSR count). The number of hydrogen-bond acceptors (Lipinski definition) is 4. The molecule has 5 nitrogen and oxygen atoms in total. The van der Waals surface area contributed by atoms with E-state index >= 15 is 0 Å². The molecule has 154 valence electrons. The maximum Gasteiger partial charge on any atom is 0.573 e. The number of ether oxygens (including phenoxy) is 2. The predicted octanol–water partition coefficient (Wildman–Crippen LogP) is 5.80. The normalized spacial score (nSPS) is 11.6. The van der Waals surface area contributed by atoms with Gasteiger partial charge in [0.1, 0.15) is 5.75 Å². The average molecular weight is 434 g/mol. The minimum absolute atomic E-state index is 0.251. The Morgan fingerprint density at radius 2 is 1.73 bits per heavy atom. The first-order chi connectivity index (χ1) is 14.4. The van der Waals surface area contributed by atoms with Crippen molar-refractivity contribution >= 4 is 22.5 Å². The van der Waals surface area contributed by atoms with Gasteiger partial charge >= 0.3 is 12.4 Å². The third kappa shape index (κ3) is 4.65. The molecule has 0 fully saturated rings. The van der Waals surface area contributed by atoms with Gasteiger partial charge in [-0.15, -0.1) is 13.2 Å². The van der Waals surface area contributed by atoms with E-state index in [2.05, 4.69) is 19.7 Å². The number of H-pyrrole nitrogens is 1. The van der Waals surface area contributed by atoms with Gasteiger partial charge in [-0.1, -0.05) is 41.9 Å². The van der Waals surface area contributed by atoms with Crippen LogP contribution < -0.4 is 9.47 Å². The van der Waals surface area contributed by atoms with Gasteiger partial charge in [-0.25, -0.2) is 9.97 Å². The van der Waals surface area contributed by atoms with Crippen LogP contribution >= 0.6 is 11.6 Å². The molecular formula is C21H15ClF3N3O2. The number of hydrogen-bond donors (Lipinski definition) is 1. The van der Waals surface area contributed by atoms with Crippen LogP contribution in [0.1, 0.15) is 5.56 Å². The van der Waals surface area contributed by atoms with Gasteiger partial charge in [-0.2, -0.15) is 0 Å². The number of benzene rings is 2. The lowest BCUT2D eigenvalue weighted by Crippen LogP contribution is -2.16. The molecular weight excluding hydrogens is 419 g/mol. The highest BCUT2D eigenvalue weighted by molar-refractivity contribution is 6.30. The largest absolute Gasteiger partial charge is 0.573 e. The Balaban J connectivity index is 1.51. The lowest BCUT2D eigenvalue weighted by Gasteiger charge is -2.10. The Morgan fingerprint density at radius 3 is 2.43 bits per heavy atom. The van der Waals surface area contributed by atoms with Crippen LogP contribution in [-0.2, 0) is 6.42 Å². The summed E-state index contributed by atoms with van der Waals surface area (Å²) in [6.07, 6.45) is 0.726. The molecule has 0 unspecified atom stereocenters. The van der Waals surface area contributed by atoms with E-state index in [1.54, 1.807) is 12.1 Å². The fourth-order valence-electron chi connectivity index (χ4n) is 3.12. The SMILES string of the molecule is FC(F)(F)Oc1ccc(-c2cccc3c(CCOc4ncc(Cl)cn4)c[nH]c23)cc1. The second-order valence-electron chi connectivity index (χ2n) is 6.40. The number of aromatic nitrogens is 3. The standard InChI is InChI=1S/C21H15ClF3N3O2/c22-15-11-27-20(28-12-15)29-9-8-14-10-26-19-17(2-1-3-18(14)19)13-4-6-16(7-5-13)30-21(23,24)25/h1-7,10-12,26H,8-9H2. The molecule has 0 spiro atoms. The predicted molar refractivity (Wildman–Crippen MR) is 107 cm³/mol. The molecule has 2 aromatic carbocycles. The lowest BCUT2D eigenvalue weighted by atomic mass is 10.0. The number of nitrogens with zero attached hydrogens (tertiary/aromatic N) is 2. The topological polar surface area (TPSA) is 60.0 Å². The Kier molecular flexibility index (Phi) is 5.50. The van der Waals surface area contributed by atoms with Crippen molar-refractivity contribution in [3.8, 4) is 22.9 Å². The number of fused-ring (bicyclic) bond motifs is 1.